The predicted octanol–water partition coefficient (Wildman–Crippen LogP) is 0.874. The van der Waals surface area contributed by atoms with Crippen molar-refractivity contribution in [2.24, 2.45) is 5.73 Å². The van der Waals surface area contributed by atoms with Crippen LogP contribution in [0.25, 0.3) is 0 Å². The molecule has 0 fully saturated rings. The monoisotopic (exact) mass is 280 g/mol. The first-order valence-corrected chi connectivity index (χ1v) is 5.03. The Morgan fingerprint density at radius 2 is 2.00 bits per heavy atom. The fourth-order valence-corrected chi connectivity index (χ4v) is 1.14. The van der Waals surface area contributed by atoms with Crippen molar-refractivity contribution in [3.8, 4) is 0 Å². The maximum Gasteiger partial charge on any atom is 0.422 e. The van der Waals surface area contributed by atoms with Crippen molar-refractivity contribution in [2.75, 3.05) is 0 Å². The molecule has 1 heterocycles. The zero-order valence-corrected chi connectivity index (χ0v) is 9.75. The Kier molecular flexibility index (Phi) is 3.89. The van der Waals surface area contributed by atoms with Crippen molar-refractivity contribution in [3.05, 3.63) is 23.7 Å². The fraction of sp³-hybridized carbons (Fsp3) is 0.400. The molecule has 1 amide bonds. The summed E-state index contributed by atoms with van der Waals surface area (Å²) in [5.41, 5.74) is 1.81. The molecule has 1 unspecified atom stereocenters. The van der Waals surface area contributed by atoms with Crippen LogP contribution in [0.1, 0.15) is 23.2 Å². The molecule has 0 bridgehead atoms. The molecule has 9 heteroatoms. The third kappa shape index (κ3) is 2.87. The molecule has 0 spiro atoms. The first kappa shape index (κ1) is 15.0. The van der Waals surface area contributed by atoms with Gasteiger partial charge in [0, 0.05) is 0 Å². The van der Waals surface area contributed by atoms with Gasteiger partial charge in [0.05, 0.1) is 6.54 Å². The molecular formula is C10H11F3N2O4. The molecule has 1 atom stereocenters. The summed E-state index contributed by atoms with van der Waals surface area (Å²) in [6.45, 7) is 0.308. The zero-order valence-electron chi connectivity index (χ0n) is 9.75. The normalized spacial score (nSPS) is 14.8. The minimum Gasteiger partial charge on any atom is -0.479 e. The van der Waals surface area contributed by atoms with Crippen molar-refractivity contribution in [3.63, 3.8) is 0 Å². The average molecular weight is 280 g/mol. The second-order valence-electron chi connectivity index (χ2n) is 3.85. The Morgan fingerprint density at radius 3 is 2.37 bits per heavy atom. The van der Waals surface area contributed by atoms with Gasteiger partial charge in [0.2, 0.25) is 5.54 Å². The number of hydrogen-bond acceptors (Lipinski definition) is 4. The molecule has 1 aromatic rings. The van der Waals surface area contributed by atoms with Crippen molar-refractivity contribution >= 4 is 11.9 Å². The van der Waals surface area contributed by atoms with Gasteiger partial charge in [-0.1, -0.05) is 0 Å². The van der Waals surface area contributed by atoms with Crippen molar-refractivity contribution in [1.29, 1.82) is 0 Å². The van der Waals surface area contributed by atoms with Gasteiger partial charge in [-0.25, -0.2) is 4.79 Å². The summed E-state index contributed by atoms with van der Waals surface area (Å²) in [7, 11) is 0. The van der Waals surface area contributed by atoms with E-state index in [1.54, 1.807) is 0 Å². The lowest BCUT2D eigenvalue weighted by Gasteiger charge is -2.28. The molecule has 4 N–H and O–H groups in total. The number of carboxylic acids is 1. The Bertz CT molecular complexity index is 497. The van der Waals surface area contributed by atoms with Gasteiger partial charge >= 0.3 is 12.1 Å². The highest BCUT2D eigenvalue weighted by Crippen LogP contribution is 2.30. The molecule has 106 valence electrons. The number of amides is 1. The summed E-state index contributed by atoms with van der Waals surface area (Å²) in [5, 5.41) is 10.0. The van der Waals surface area contributed by atoms with Crippen molar-refractivity contribution in [1.82, 2.24) is 5.32 Å². The summed E-state index contributed by atoms with van der Waals surface area (Å²) in [4.78, 5) is 22.2. The van der Waals surface area contributed by atoms with Crippen LogP contribution in [0.3, 0.4) is 0 Å². The topological polar surface area (TPSA) is 106 Å². The van der Waals surface area contributed by atoms with E-state index in [0.717, 1.165) is 6.07 Å². The maximum atomic E-state index is 12.7. The Morgan fingerprint density at radius 1 is 1.42 bits per heavy atom. The number of nitrogens with one attached hydrogen (secondary N) is 1. The molecule has 0 saturated heterocycles. The van der Waals surface area contributed by atoms with Gasteiger partial charge in [-0.2, -0.15) is 13.2 Å². The van der Waals surface area contributed by atoms with Crippen molar-refractivity contribution < 1.29 is 32.3 Å². The quantitative estimate of drug-likeness (QED) is 0.759. The van der Waals surface area contributed by atoms with E-state index >= 15 is 0 Å². The zero-order chi connectivity index (χ0) is 14.8. The van der Waals surface area contributed by atoms with Gasteiger partial charge in [-0.3, -0.25) is 4.79 Å². The molecule has 0 saturated carbocycles. The number of carbonyl (C=O) groups excluding carboxylic acids is 1. The number of nitrogens with two attached hydrogens (primary N) is 1. The van der Waals surface area contributed by atoms with Gasteiger partial charge in [-0.05, 0) is 19.1 Å². The molecule has 1 rings (SSSR count). The lowest BCUT2D eigenvalue weighted by Crippen LogP contribution is -2.61. The average Bonchev–Trinajstić information content (AvgIpc) is 2.75. The molecule has 19 heavy (non-hydrogen) atoms. The van der Waals surface area contributed by atoms with Crippen LogP contribution in [0.2, 0.25) is 0 Å². The van der Waals surface area contributed by atoms with Crippen LogP contribution < -0.4 is 11.1 Å². The lowest BCUT2D eigenvalue weighted by atomic mass is 10.0. The number of carboxylic acid groups (broad SMARTS) is 1. The summed E-state index contributed by atoms with van der Waals surface area (Å²) < 4.78 is 42.8. The maximum absolute atomic E-state index is 12.7. The number of furan rings is 1. The Balaban J connectivity index is 2.98. The highest BCUT2D eigenvalue weighted by Gasteiger charge is 2.58. The van der Waals surface area contributed by atoms with E-state index in [1.807, 2.05) is 0 Å². The van der Waals surface area contributed by atoms with Crippen molar-refractivity contribution in [2.45, 2.75) is 25.2 Å². The van der Waals surface area contributed by atoms with Gasteiger partial charge in [-0.15, -0.1) is 0 Å². The second-order valence-corrected chi connectivity index (χ2v) is 3.85. The molecule has 0 aromatic carbocycles. The summed E-state index contributed by atoms with van der Waals surface area (Å²) in [6.07, 6.45) is -5.15. The number of rotatable bonds is 4. The first-order valence-electron chi connectivity index (χ1n) is 5.03. The largest absolute Gasteiger partial charge is 0.479 e. The third-order valence-corrected chi connectivity index (χ3v) is 2.44. The molecule has 6 nitrogen and oxygen atoms in total. The van der Waals surface area contributed by atoms with E-state index in [0.29, 0.717) is 6.92 Å². The fourth-order valence-electron chi connectivity index (χ4n) is 1.14. The van der Waals surface area contributed by atoms with E-state index in [1.165, 1.54) is 11.4 Å². The number of alkyl halides is 3. The molecular weight excluding hydrogens is 269 g/mol. The first-order chi connectivity index (χ1) is 8.61. The molecule has 1 aromatic heterocycles. The summed E-state index contributed by atoms with van der Waals surface area (Å²) >= 11 is 0. The van der Waals surface area contributed by atoms with Crippen LogP contribution in [0, 0.1) is 0 Å². The number of halogens is 3. The lowest BCUT2D eigenvalue weighted by molar-refractivity contribution is -0.203. The minimum atomic E-state index is -5.15. The van der Waals surface area contributed by atoms with Crippen LogP contribution in [0.5, 0.6) is 0 Å². The summed E-state index contributed by atoms with van der Waals surface area (Å²) in [6, 6.07) is 2.41. The van der Waals surface area contributed by atoms with E-state index < -0.39 is 29.4 Å². The van der Waals surface area contributed by atoms with Crippen LogP contribution in [0.4, 0.5) is 13.2 Å². The van der Waals surface area contributed by atoms with Gasteiger partial charge in [0.25, 0.3) is 5.91 Å². The second kappa shape index (κ2) is 4.92. The number of hydrogen-bond donors (Lipinski definition) is 3. The van der Waals surface area contributed by atoms with Crippen LogP contribution >= 0.6 is 0 Å². The van der Waals surface area contributed by atoms with E-state index in [9.17, 15) is 22.8 Å². The van der Waals surface area contributed by atoms with Crippen LogP contribution in [-0.2, 0) is 11.3 Å². The molecule has 0 aliphatic carbocycles. The highest BCUT2D eigenvalue weighted by molar-refractivity contribution is 5.96. The van der Waals surface area contributed by atoms with Gasteiger partial charge in [0.15, 0.2) is 5.76 Å². The Hall–Kier alpha value is -2.03. The predicted molar refractivity (Wildman–Crippen MR) is 56.2 cm³/mol. The van der Waals surface area contributed by atoms with E-state index in [4.69, 9.17) is 15.3 Å². The van der Waals surface area contributed by atoms with Gasteiger partial charge in [0.1, 0.15) is 5.76 Å². The molecule has 0 aliphatic rings. The van der Waals surface area contributed by atoms with Crippen LogP contribution in [0.15, 0.2) is 16.5 Å². The standard InChI is InChI=1S/C10H11F3N2O4/c1-9(8(17)18,10(11,12)13)15-7(16)6-3-2-5(4-14)19-6/h2-3H,4,14H2,1H3,(H,15,16)(H,17,18). The molecule has 0 radical (unpaired) electrons. The number of carbonyl (C=O) groups is 2. The minimum absolute atomic E-state index is 0.0389. The summed E-state index contributed by atoms with van der Waals surface area (Å²) in [5.74, 6) is -3.77. The van der Waals surface area contributed by atoms with E-state index in [-0.39, 0.29) is 12.3 Å². The Labute approximate surface area is 105 Å². The van der Waals surface area contributed by atoms with Gasteiger partial charge < -0.3 is 20.6 Å². The highest BCUT2D eigenvalue weighted by atomic mass is 19.4. The smallest absolute Gasteiger partial charge is 0.422 e. The number of aliphatic carboxylic acids is 1. The SMILES string of the molecule is CC(NC(=O)c1ccc(CN)o1)(C(=O)O)C(F)(F)F. The molecule has 0 aliphatic heterocycles. The third-order valence-electron chi connectivity index (χ3n) is 2.44. The van der Waals surface area contributed by atoms with E-state index in [2.05, 4.69) is 0 Å². The van der Waals surface area contributed by atoms with Crippen LogP contribution in [-0.4, -0.2) is 28.7 Å².